The zero-order valence-corrected chi connectivity index (χ0v) is 9.51. The Morgan fingerprint density at radius 2 is 2.12 bits per heavy atom. The Kier molecular flexibility index (Phi) is 5.56. The number of hydrogen-bond acceptors (Lipinski definition) is 2. The number of benzene rings is 1. The minimum Gasteiger partial charge on any atom is -0.356 e. The van der Waals surface area contributed by atoms with Gasteiger partial charge < -0.3 is 11.1 Å². The Morgan fingerprint density at radius 1 is 1.35 bits per heavy atom. The van der Waals surface area contributed by atoms with Crippen LogP contribution in [0.2, 0.25) is 0 Å². The lowest BCUT2D eigenvalue weighted by molar-refractivity contribution is -0.121. The lowest BCUT2D eigenvalue weighted by Gasteiger charge is -2.05. The molecular formula is C12H16F2N2O. The fourth-order valence-corrected chi connectivity index (χ4v) is 1.41. The number of carbonyl (C=O) groups is 1. The van der Waals surface area contributed by atoms with E-state index in [9.17, 15) is 13.6 Å². The van der Waals surface area contributed by atoms with Crippen LogP contribution in [0.3, 0.4) is 0 Å². The summed E-state index contributed by atoms with van der Waals surface area (Å²) in [6.45, 7) is 0.811. The zero-order valence-electron chi connectivity index (χ0n) is 9.51. The van der Waals surface area contributed by atoms with Crippen LogP contribution in [0.1, 0.15) is 18.4 Å². The molecule has 0 radical (unpaired) electrons. The van der Waals surface area contributed by atoms with Gasteiger partial charge in [-0.15, -0.1) is 0 Å². The minimum atomic E-state index is -0.599. The highest BCUT2D eigenvalue weighted by Crippen LogP contribution is 2.09. The van der Waals surface area contributed by atoms with Gasteiger partial charge in [0.15, 0.2) is 0 Å². The number of nitrogens with one attached hydrogen (secondary N) is 1. The number of halogens is 2. The monoisotopic (exact) mass is 242 g/mol. The van der Waals surface area contributed by atoms with E-state index in [1.807, 2.05) is 0 Å². The zero-order chi connectivity index (χ0) is 12.7. The normalized spacial score (nSPS) is 10.3. The standard InChI is InChI=1S/C12H16F2N2O/c13-10-4-3-9(11(14)8-10)5-7-16-12(17)2-1-6-15/h3-4,8H,1-2,5-7,15H2,(H,16,17). The van der Waals surface area contributed by atoms with Crippen LogP contribution in [-0.4, -0.2) is 19.0 Å². The molecule has 0 heterocycles. The van der Waals surface area contributed by atoms with Gasteiger partial charge in [-0.2, -0.15) is 0 Å². The van der Waals surface area contributed by atoms with Crippen molar-refractivity contribution in [3.8, 4) is 0 Å². The maximum atomic E-state index is 13.2. The molecule has 94 valence electrons. The Bertz CT molecular complexity index is 383. The highest BCUT2D eigenvalue weighted by atomic mass is 19.1. The van der Waals surface area contributed by atoms with Gasteiger partial charge in [0.2, 0.25) is 5.91 Å². The maximum absolute atomic E-state index is 13.2. The van der Waals surface area contributed by atoms with Gasteiger partial charge in [0.05, 0.1) is 0 Å². The molecule has 0 aromatic heterocycles. The van der Waals surface area contributed by atoms with Crippen molar-refractivity contribution >= 4 is 5.91 Å². The lowest BCUT2D eigenvalue weighted by atomic mass is 10.1. The quantitative estimate of drug-likeness (QED) is 0.791. The van der Waals surface area contributed by atoms with Gasteiger partial charge >= 0.3 is 0 Å². The van der Waals surface area contributed by atoms with Crippen LogP contribution < -0.4 is 11.1 Å². The van der Waals surface area contributed by atoms with E-state index in [4.69, 9.17) is 5.73 Å². The van der Waals surface area contributed by atoms with E-state index < -0.39 is 11.6 Å². The van der Waals surface area contributed by atoms with E-state index in [0.29, 0.717) is 37.9 Å². The molecule has 0 unspecified atom stereocenters. The van der Waals surface area contributed by atoms with Crippen LogP contribution in [0.5, 0.6) is 0 Å². The SMILES string of the molecule is NCCCC(=O)NCCc1ccc(F)cc1F. The largest absolute Gasteiger partial charge is 0.356 e. The minimum absolute atomic E-state index is 0.0991. The van der Waals surface area contributed by atoms with Crippen LogP contribution in [-0.2, 0) is 11.2 Å². The first-order valence-electron chi connectivity index (χ1n) is 5.54. The molecule has 0 aliphatic carbocycles. The summed E-state index contributed by atoms with van der Waals surface area (Å²) in [6, 6.07) is 3.43. The van der Waals surface area contributed by atoms with Crippen molar-refractivity contribution < 1.29 is 13.6 Å². The third kappa shape index (κ3) is 4.91. The second-order valence-corrected chi connectivity index (χ2v) is 3.73. The second kappa shape index (κ2) is 6.96. The average molecular weight is 242 g/mol. The summed E-state index contributed by atoms with van der Waals surface area (Å²) < 4.78 is 25.8. The highest BCUT2D eigenvalue weighted by Gasteiger charge is 2.04. The van der Waals surface area contributed by atoms with Gasteiger partial charge in [0.25, 0.3) is 0 Å². The molecule has 0 saturated heterocycles. The van der Waals surface area contributed by atoms with E-state index in [1.54, 1.807) is 0 Å². The lowest BCUT2D eigenvalue weighted by Crippen LogP contribution is -2.26. The molecule has 0 aliphatic heterocycles. The summed E-state index contributed by atoms with van der Waals surface area (Å²) in [5, 5.41) is 2.65. The average Bonchev–Trinajstić information content (AvgIpc) is 2.29. The van der Waals surface area contributed by atoms with Crippen molar-refractivity contribution in [2.45, 2.75) is 19.3 Å². The van der Waals surface area contributed by atoms with E-state index in [0.717, 1.165) is 6.07 Å². The van der Waals surface area contributed by atoms with Gasteiger partial charge in [-0.1, -0.05) is 6.07 Å². The van der Waals surface area contributed by atoms with Crippen molar-refractivity contribution in [2.75, 3.05) is 13.1 Å². The van der Waals surface area contributed by atoms with Crippen LogP contribution in [0.25, 0.3) is 0 Å². The summed E-state index contributed by atoms with van der Waals surface area (Å²) in [7, 11) is 0. The van der Waals surface area contributed by atoms with Crippen molar-refractivity contribution in [1.29, 1.82) is 0 Å². The molecule has 1 aromatic carbocycles. The molecule has 0 spiro atoms. The summed E-state index contributed by atoms with van der Waals surface area (Å²) in [5.74, 6) is -1.28. The highest BCUT2D eigenvalue weighted by molar-refractivity contribution is 5.75. The molecule has 1 rings (SSSR count). The van der Waals surface area contributed by atoms with Gasteiger partial charge in [0, 0.05) is 19.0 Å². The molecule has 0 bridgehead atoms. The van der Waals surface area contributed by atoms with Crippen LogP contribution in [0, 0.1) is 11.6 Å². The van der Waals surface area contributed by atoms with Gasteiger partial charge in [-0.3, -0.25) is 4.79 Å². The third-order valence-corrected chi connectivity index (χ3v) is 2.34. The first-order chi connectivity index (χ1) is 8.13. The van der Waals surface area contributed by atoms with Gasteiger partial charge in [-0.25, -0.2) is 8.78 Å². The van der Waals surface area contributed by atoms with Crippen LogP contribution >= 0.6 is 0 Å². The number of hydrogen-bond donors (Lipinski definition) is 2. The summed E-state index contributed by atoms with van der Waals surface area (Å²) >= 11 is 0. The van der Waals surface area contributed by atoms with Crippen LogP contribution in [0.4, 0.5) is 8.78 Å². The van der Waals surface area contributed by atoms with Crippen LogP contribution in [0.15, 0.2) is 18.2 Å². The second-order valence-electron chi connectivity index (χ2n) is 3.73. The molecule has 1 aromatic rings. The van der Waals surface area contributed by atoms with Gasteiger partial charge in [0.1, 0.15) is 11.6 Å². The smallest absolute Gasteiger partial charge is 0.220 e. The Labute approximate surface area is 99.0 Å². The van der Waals surface area contributed by atoms with Gasteiger partial charge in [-0.05, 0) is 31.0 Å². The van der Waals surface area contributed by atoms with Crippen molar-refractivity contribution in [2.24, 2.45) is 5.73 Å². The molecule has 0 atom stereocenters. The number of carbonyl (C=O) groups excluding carboxylic acids is 1. The number of rotatable bonds is 6. The number of amides is 1. The molecule has 0 saturated carbocycles. The van der Waals surface area contributed by atoms with E-state index in [2.05, 4.69) is 5.32 Å². The topological polar surface area (TPSA) is 55.1 Å². The molecule has 5 heteroatoms. The molecule has 1 amide bonds. The third-order valence-electron chi connectivity index (χ3n) is 2.34. The fourth-order valence-electron chi connectivity index (χ4n) is 1.41. The summed E-state index contributed by atoms with van der Waals surface area (Å²) in [6.07, 6.45) is 1.36. The molecule has 17 heavy (non-hydrogen) atoms. The molecular weight excluding hydrogens is 226 g/mol. The van der Waals surface area contributed by atoms with Crippen molar-refractivity contribution in [3.63, 3.8) is 0 Å². The Morgan fingerprint density at radius 3 is 2.76 bits per heavy atom. The van der Waals surface area contributed by atoms with E-state index in [-0.39, 0.29) is 5.91 Å². The molecule has 0 fully saturated rings. The first-order valence-corrected chi connectivity index (χ1v) is 5.54. The molecule has 3 nitrogen and oxygen atoms in total. The Balaban J connectivity index is 2.33. The molecule has 3 N–H and O–H groups in total. The van der Waals surface area contributed by atoms with Crippen molar-refractivity contribution in [3.05, 3.63) is 35.4 Å². The van der Waals surface area contributed by atoms with Crippen molar-refractivity contribution in [1.82, 2.24) is 5.32 Å². The summed E-state index contributed by atoms with van der Waals surface area (Å²) in [5.41, 5.74) is 5.66. The maximum Gasteiger partial charge on any atom is 0.220 e. The molecule has 0 aliphatic rings. The Hall–Kier alpha value is -1.49. The van der Waals surface area contributed by atoms with E-state index in [1.165, 1.54) is 12.1 Å². The number of nitrogens with two attached hydrogens (primary N) is 1. The summed E-state index contributed by atoms with van der Waals surface area (Å²) in [4.78, 5) is 11.2. The first kappa shape index (κ1) is 13.6. The fraction of sp³-hybridized carbons (Fsp3) is 0.417. The van der Waals surface area contributed by atoms with E-state index >= 15 is 0 Å². The predicted octanol–water partition coefficient (Wildman–Crippen LogP) is 1.36. The predicted molar refractivity (Wildman–Crippen MR) is 61.4 cm³/mol.